The van der Waals surface area contributed by atoms with Crippen LogP contribution in [0.25, 0.3) is 0 Å². The van der Waals surface area contributed by atoms with Crippen molar-refractivity contribution in [2.24, 2.45) is 5.92 Å². The van der Waals surface area contributed by atoms with Crippen LogP contribution >= 0.6 is 0 Å². The molecule has 3 nitrogen and oxygen atoms in total. The van der Waals surface area contributed by atoms with Crippen LogP contribution in [0.3, 0.4) is 0 Å². The van der Waals surface area contributed by atoms with Gasteiger partial charge in [0.2, 0.25) is 0 Å². The van der Waals surface area contributed by atoms with Gasteiger partial charge in [0.05, 0.1) is 6.61 Å². The molecular formula is C14H26N2O. The number of ether oxygens (including phenoxy) is 1. The van der Waals surface area contributed by atoms with E-state index in [-0.39, 0.29) is 5.60 Å². The van der Waals surface area contributed by atoms with Gasteiger partial charge in [-0.1, -0.05) is 0 Å². The minimum absolute atomic E-state index is 0.167. The van der Waals surface area contributed by atoms with E-state index in [0.717, 1.165) is 38.7 Å². The van der Waals surface area contributed by atoms with Crippen molar-refractivity contribution in [1.82, 2.24) is 9.80 Å². The van der Waals surface area contributed by atoms with Crippen molar-refractivity contribution >= 4 is 0 Å². The monoisotopic (exact) mass is 238 g/mol. The van der Waals surface area contributed by atoms with Crippen LogP contribution in [0, 0.1) is 5.92 Å². The summed E-state index contributed by atoms with van der Waals surface area (Å²) in [5, 5.41) is 0. The quantitative estimate of drug-likeness (QED) is 0.726. The van der Waals surface area contributed by atoms with E-state index in [1.165, 1.54) is 19.4 Å². The van der Waals surface area contributed by atoms with E-state index in [1.54, 1.807) is 0 Å². The number of hydrogen-bond donors (Lipinski definition) is 0. The highest BCUT2D eigenvalue weighted by Crippen LogP contribution is 2.36. The molecule has 0 aromatic heterocycles. The molecule has 3 aliphatic rings. The molecule has 1 saturated carbocycles. The summed E-state index contributed by atoms with van der Waals surface area (Å²) in [5.74, 6) is 1.00. The van der Waals surface area contributed by atoms with E-state index in [0.29, 0.717) is 5.54 Å². The van der Waals surface area contributed by atoms with Crippen LogP contribution in [0.5, 0.6) is 0 Å². The van der Waals surface area contributed by atoms with E-state index in [1.807, 2.05) is 0 Å². The predicted molar refractivity (Wildman–Crippen MR) is 69.2 cm³/mol. The highest BCUT2D eigenvalue weighted by atomic mass is 16.5. The maximum absolute atomic E-state index is 6.08. The third-order valence-electron chi connectivity index (χ3n) is 4.45. The van der Waals surface area contributed by atoms with Crippen LogP contribution in [0.2, 0.25) is 0 Å². The minimum atomic E-state index is 0.167. The van der Waals surface area contributed by atoms with Gasteiger partial charge in [-0.3, -0.25) is 9.80 Å². The third kappa shape index (κ3) is 2.51. The first-order valence-electron chi connectivity index (χ1n) is 7.08. The lowest BCUT2D eigenvalue weighted by Gasteiger charge is -2.58. The van der Waals surface area contributed by atoms with Gasteiger partial charge in [0, 0.05) is 38.3 Å². The third-order valence-corrected chi connectivity index (χ3v) is 4.45. The highest BCUT2D eigenvalue weighted by molar-refractivity contribution is 5.05. The molecule has 1 spiro atoms. The molecule has 3 fully saturated rings. The molecule has 0 unspecified atom stereocenters. The second-order valence-electron chi connectivity index (χ2n) is 7.24. The van der Waals surface area contributed by atoms with Gasteiger partial charge in [0.15, 0.2) is 0 Å². The maximum Gasteiger partial charge on any atom is 0.106 e. The lowest BCUT2D eigenvalue weighted by atomic mass is 9.86. The van der Waals surface area contributed by atoms with Gasteiger partial charge in [-0.15, -0.1) is 0 Å². The lowest BCUT2D eigenvalue weighted by Crippen LogP contribution is -2.73. The van der Waals surface area contributed by atoms with Gasteiger partial charge in [0.1, 0.15) is 5.60 Å². The summed E-state index contributed by atoms with van der Waals surface area (Å²) in [6.07, 6.45) is 2.91. The van der Waals surface area contributed by atoms with E-state index >= 15 is 0 Å². The average Bonchev–Trinajstić information content (AvgIpc) is 2.97. The first-order valence-corrected chi connectivity index (χ1v) is 7.08. The molecular weight excluding hydrogens is 212 g/mol. The minimum Gasteiger partial charge on any atom is -0.370 e. The zero-order valence-electron chi connectivity index (χ0n) is 11.5. The molecule has 2 aliphatic heterocycles. The molecule has 2 saturated heterocycles. The lowest BCUT2D eigenvalue weighted by molar-refractivity contribution is -0.202. The Bertz CT molecular complexity index is 287. The summed E-state index contributed by atoms with van der Waals surface area (Å²) in [4.78, 5) is 5.18. The van der Waals surface area contributed by atoms with E-state index in [9.17, 15) is 0 Å². The van der Waals surface area contributed by atoms with Gasteiger partial charge in [0.25, 0.3) is 0 Å². The Labute approximate surface area is 105 Å². The molecule has 0 atom stereocenters. The molecule has 0 bridgehead atoms. The topological polar surface area (TPSA) is 15.7 Å². The summed E-state index contributed by atoms with van der Waals surface area (Å²) >= 11 is 0. The number of rotatable bonds is 2. The Kier molecular flexibility index (Phi) is 2.77. The normalized spacial score (nSPS) is 30.5. The molecule has 17 heavy (non-hydrogen) atoms. The van der Waals surface area contributed by atoms with Gasteiger partial charge in [-0.2, -0.15) is 0 Å². The van der Waals surface area contributed by atoms with E-state index in [4.69, 9.17) is 4.74 Å². The first kappa shape index (κ1) is 11.9. The number of likely N-dealkylation sites (tertiary alicyclic amines) is 1. The maximum atomic E-state index is 6.08. The second kappa shape index (κ2) is 3.94. The van der Waals surface area contributed by atoms with Gasteiger partial charge >= 0.3 is 0 Å². The van der Waals surface area contributed by atoms with Crippen molar-refractivity contribution in [2.45, 2.75) is 44.8 Å². The summed E-state index contributed by atoms with van der Waals surface area (Å²) in [7, 11) is 0. The Balaban J connectivity index is 1.54. The van der Waals surface area contributed by atoms with Crippen molar-refractivity contribution in [1.29, 1.82) is 0 Å². The van der Waals surface area contributed by atoms with Crippen LogP contribution in [0.1, 0.15) is 33.6 Å². The Morgan fingerprint density at radius 3 is 2.47 bits per heavy atom. The van der Waals surface area contributed by atoms with Crippen LogP contribution < -0.4 is 0 Å². The fourth-order valence-electron chi connectivity index (χ4n) is 3.06. The zero-order valence-corrected chi connectivity index (χ0v) is 11.5. The summed E-state index contributed by atoms with van der Waals surface area (Å²) < 4.78 is 6.08. The SMILES string of the molecule is CC(C)(C)N1CC2(CN(CC3CC3)CCO2)C1. The molecule has 0 aromatic rings. The number of hydrogen-bond acceptors (Lipinski definition) is 3. The fraction of sp³-hybridized carbons (Fsp3) is 1.00. The largest absolute Gasteiger partial charge is 0.370 e. The Hall–Kier alpha value is -0.120. The predicted octanol–water partition coefficient (Wildman–Crippen LogP) is 1.58. The second-order valence-corrected chi connectivity index (χ2v) is 7.24. The molecule has 98 valence electrons. The molecule has 0 radical (unpaired) electrons. The van der Waals surface area contributed by atoms with Crippen LogP contribution in [0.4, 0.5) is 0 Å². The van der Waals surface area contributed by atoms with Crippen molar-refractivity contribution in [3.63, 3.8) is 0 Å². The summed E-state index contributed by atoms with van der Waals surface area (Å²) in [5.41, 5.74) is 0.466. The molecule has 1 aliphatic carbocycles. The first-order chi connectivity index (χ1) is 7.97. The molecule has 0 amide bonds. The van der Waals surface area contributed by atoms with Crippen LogP contribution in [0.15, 0.2) is 0 Å². The van der Waals surface area contributed by atoms with Gasteiger partial charge in [-0.05, 0) is 39.5 Å². The molecule has 0 aromatic carbocycles. The van der Waals surface area contributed by atoms with Crippen molar-refractivity contribution in [3.8, 4) is 0 Å². The van der Waals surface area contributed by atoms with E-state index < -0.39 is 0 Å². The van der Waals surface area contributed by atoms with Crippen LogP contribution in [-0.2, 0) is 4.74 Å². The van der Waals surface area contributed by atoms with Crippen LogP contribution in [-0.4, -0.2) is 60.3 Å². The summed E-state index contributed by atoms with van der Waals surface area (Å²) in [6, 6.07) is 0. The fourth-order valence-corrected chi connectivity index (χ4v) is 3.06. The number of nitrogens with zero attached hydrogens (tertiary/aromatic N) is 2. The molecule has 3 heteroatoms. The Morgan fingerprint density at radius 2 is 1.88 bits per heavy atom. The van der Waals surface area contributed by atoms with Gasteiger partial charge < -0.3 is 4.74 Å². The van der Waals surface area contributed by atoms with Crippen molar-refractivity contribution < 1.29 is 4.74 Å². The smallest absolute Gasteiger partial charge is 0.106 e. The highest BCUT2D eigenvalue weighted by Gasteiger charge is 2.50. The summed E-state index contributed by atoms with van der Waals surface area (Å²) in [6.45, 7) is 13.7. The molecule has 3 rings (SSSR count). The molecule has 2 heterocycles. The van der Waals surface area contributed by atoms with Gasteiger partial charge in [-0.25, -0.2) is 0 Å². The standard InChI is InChI=1S/C14H26N2O/c1-13(2,3)16-10-14(11-16)9-15(6-7-17-14)8-12-4-5-12/h12H,4-11H2,1-3H3. The Morgan fingerprint density at radius 1 is 1.18 bits per heavy atom. The zero-order chi connectivity index (χ0) is 12.1. The average molecular weight is 238 g/mol. The van der Waals surface area contributed by atoms with E-state index in [2.05, 4.69) is 30.6 Å². The number of morpholine rings is 1. The molecule has 0 N–H and O–H groups in total. The van der Waals surface area contributed by atoms with Crippen molar-refractivity contribution in [2.75, 3.05) is 39.3 Å². The van der Waals surface area contributed by atoms with Crippen molar-refractivity contribution in [3.05, 3.63) is 0 Å².